The van der Waals surface area contributed by atoms with Crippen LogP contribution in [0.5, 0.6) is 0 Å². The van der Waals surface area contributed by atoms with Crippen molar-refractivity contribution < 1.29 is 23.0 Å². The lowest BCUT2D eigenvalue weighted by atomic mass is 10.2. The second-order valence-corrected chi connectivity index (χ2v) is 4.73. The molecule has 0 aromatic rings. The third kappa shape index (κ3) is 4.30. The van der Waals surface area contributed by atoms with Crippen molar-refractivity contribution in [2.75, 3.05) is 19.7 Å². The molecule has 1 aliphatic rings. The van der Waals surface area contributed by atoms with Crippen LogP contribution >= 0.6 is 0 Å². The normalized spacial score (nSPS) is 17.5. The number of hydrogen-bond donors (Lipinski definition) is 0. The molecule has 0 saturated carbocycles. The lowest BCUT2D eigenvalue weighted by molar-refractivity contribution is -0.0891. The SMILES string of the molecule is CC(C)(C)OC(=O)N1CC(OCC(F)F)C1. The Kier molecular flexibility index (Phi) is 4.07. The minimum Gasteiger partial charge on any atom is -0.444 e. The highest BCUT2D eigenvalue weighted by Crippen LogP contribution is 2.17. The first-order valence-corrected chi connectivity index (χ1v) is 5.15. The molecule has 16 heavy (non-hydrogen) atoms. The van der Waals surface area contributed by atoms with Crippen molar-refractivity contribution in [3.05, 3.63) is 0 Å². The molecule has 0 aliphatic carbocycles. The van der Waals surface area contributed by atoms with Crippen molar-refractivity contribution in [2.24, 2.45) is 0 Å². The summed E-state index contributed by atoms with van der Waals surface area (Å²) in [5.74, 6) is 0. The molecule has 0 aromatic heterocycles. The number of halogens is 2. The number of rotatable bonds is 3. The smallest absolute Gasteiger partial charge is 0.410 e. The third-order valence-corrected chi connectivity index (χ3v) is 1.96. The highest BCUT2D eigenvalue weighted by atomic mass is 19.3. The maximum absolute atomic E-state index is 11.8. The summed E-state index contributed by atoms with van der Waals surface area (Å²) in [6.45, 7) is 5.39. The number of alkyl halides is 2. The summed E-state index contributed by atoms with van der Waals surface area (Å²) in [7, 11) is 0. The summed E-state index contributed by atoms with van der Waals surface area (Å²) >= 11 is 0. The van der Waals surface area contributed by atoms with Gasteiger partial charge in [0.1, 0.15) is 12.2 Å². The minimum atomic E-state index is -2.46. The minimum absolute atomic E-state index is 0.290. The Bertz CT molecular complexity index is 247. The van der Waals surface area contributed by atoms with Gasteiger partial charge >= 0.3 is 6.09 Å². The van der Waals surface area contributed by atoms with Gasteiger partial charge < -0.3 is 14.4 Å². The molecule has 0 N–H and O–H groups in total. The molecule has 0 radical (unpaired) electrons. The molecule has 0 bridgehead atoms. The quantitative estimate of drug-likeness (QED) is 0.752. The van der Waals surface area contributed by atoms with E-state index in [0.29, 0.717) is 13.1 Å². The van der Waals surface area contributed by atoms with Crippen LogP contribution in [0.25, 0.3) is 0 Å². The molecule has 6 heteroatoms. The van der Waals surface area contributed by atoms with Crippen molar-refractivity contribution in [3.63, 3.8) is 0 Å². The Morgan fingerprint density at radius 1 is 1.44 bits per heavy atom. The van der Waals surface area contributed by atoms with Crippen LogP contribution < -0.4 is 0 Å². The van der Waals surface area contributed by atoms with Crippen LogP contribution in [0.4, 0.5) is 13.6 Å². The first-order chi connectivity index (χ1) is 7.28. The predicted molar refractivity (Wildman–Crippen MR) is 53.6 cm³/mol. The number of carbonyl (C=O) groups excluding carboxylic acids is 1. The molecule has 94 valence electrons. The summed E-state index contributed by atoms with van der Waals surface area (Å²) in [6.07, 6.45) is -3.18. The van der Waals surface area contributed by atoms with Gasteiger partial charge in [-0.2, -0.15) is 0 Å². The van der Waals surface area contributed by atoms with Gasteiger partial charge in [0, 0.05) is 0 Å². The van der Waals surface area contributed by atoms with Crippen molar-refractivity contribution in [3.8, 4) is 0 Å². The van der Waals surface area contributed by atoms with E-state index in [4.69, 9.17) is 9.47 Å². The number of amides is 1. The second kappa shape index (κ2) is 4.95. The molecule has 0 aromatic carbocycles. The van der Waals surface area contributed by atoms with E-state index >= 15 is 0 Å². The number of likely N-dealkylation sites (tertiary alicyclic amines) is 1. The first-order valence-electron chi connectivity index (χ1n) is 5.15. The number of ether oxygens (including phenoxy) is 2. The molecule has 0 unspecified atom stereocenters. The van der Waals surface area contributed by atoms with Gasteiger partial charge in [-0.3, -0.25) is 0 Å². The zero-order chi connectivity index (χ0) is 12.3. The Hall–Kier alpha value is -0.910. The van der Waals surface area contributed by atoms with E-state index in [1.54, 1.807) is 20.8 Å². The number of nitrogens with zero attached hydrogens (tertiary/aromatic N) is 1. The molecular formula is C10H17F2NO3. The molecule has 1 aliphatic heterocycles. The highest BCUT2D eigenvalue weighted by molar-refractivity contribution is 5.69. The van der Waals surface area contributed by atoms with Crippen molar-refractivity contribution >= 4 is 6.09 Å². The van der Waals surface area contributed by atoms with Gasteiger partial charge in [-0.05, 0) is 20.8 Å². The predicted octanol–water partition coefficient (Wildman–Crippen LogP) is 1.89. The van der Waals surface area contributed by atoms with Crippen molar-refractivity contribution in [1.29, 1.82) is 0 Å². The van der Waals surface area contributed by atoms with Crippen LogP contribution in [-0.4, -0.2) is 48.8 Å². The van der Waals surface area contributed by atoms with Crippen LogP contribution in [0.3, 0.4) is 0 Å². The lowest BCUT2D eigenvalue weighted by Crippen LogP contribution is -2.56. The van der Waals surface area contributed by atoms with Gasteiger partial charge in [0.25, 0.3) is 6.43 Å². The second-order valence-electron chi connectivity index (χ2n) is 4.73. The molecule has 1 fully saturated rings. The van der Waals surface area contributed by atoms with E-state index in [9.17, 15) is 13.6 Å². The maximum atomic E-state index is 11.8. The van der Waals surface area contributed by atoms with Gasteiger partial charge in [-0.15, -0.1) is 0 Å². The molecule has 1 amide bonds. The van der Waals surface area contributed by atoms with E-state index in [1.807, 2.05) is 0 Å². The fourth-order valence-corrected chi connectivity index (χ4v) is 1.23. The summed E-state index contributed by atoms with van der Waals surface area (Å²) in [5.41, 5.74) is -0.536. The average Bonchev–Trinajstić information content (AvgIpc) is 1.96. The van der Waals surface area contributed by atoms with Crippen LogP contribution in [0.1, 0.15) is 20.8 Å². The van der Waals surface area contributed by atoms with Gasteiger partial charge in [0.15, 0.2) is 0 Å². The summed E-state index contributed by atoms with van der Waals surface area (Å²) in [4.78, 5) is 12.9. The van der Waals surface area contributed by atoms with Crippen molar-refractivity contribution in [1.82, 2.24) is 4.90 Å². The monoisotopic (exact) mass is 237 g/mol. The van der Waals surface area contributed by atoms with Gasteiger partial charge in [0.05, 0.1) is 19.2 Å². The van der Waals surface area contributed by atoms with Crippen LogP contribution in [0.15, 0.2) is 0 Å². The Morgan fingerprint density at radius 3 is 2.44 bits per heavy atom. The fourth-order valence-electron chi connectivity index (χ4n) is 1.23. The van der Waals surface area contributed by atoms with Gasteiger partial charge in [-0.25, -0.2) is 13.6 Å². The topological polar surface area (TPSA) is 38.8 Å². The summed E-state index contributed by atoms with van der Waals surface area (Å²) in [6, 6.07) is 0. The molecule has 1 saturated heterocycles. The Morgan fingerprint density at radius 2 is 2.00 bits per heavy atom. The molecule has 1 heterocycles. The largest absolute Gasteiger partial charge is 0.444 e. The number of hydrogen-bond acceptors (Lipinski definition) is 3. The van der Waals surface area contributed by atoms with E-state index in [1.165, 1.54) is 4.90 Å². The fraction of sp³-hybridized carbons (Fsp3) is 0.900. The highest BCUT2D eigenvalue weighted by Gasteiger charge is 2.34. The Labute approximate surface area is 93.5 Å². The zero-order valence-electron chi connectivity index (χ0n) is 9.70. The maximum Gasteiger partial charge on any atom is 0.410 e. The van der Waals surface area contributed by atoms with E-state index in [-0.39, 0.29) is 6.10 Å². The summed E-state index contributed by atoms with van der Waals surface area (Å²) < 4.78 is 33.6. The van der Waals surface area contributed by atoms with Gasteiger partial charge in [-0.1, -0.05) is 0 Å². The van der Waals surface area contributed by atoms with E-state index in [2.05, 4.69) is 0 Å². The molecule has 4 nitrogen and oxygen atoms in total. The standard InChI is InChI=1S/C10H17F2NO3/c1-10(2,3)16-9(14)13-4-7(5-13)15-6-8(11)12/h7-8H,4-6H2,1-3H3. The number of carbonyl (C=O) groups is 1. The molecule has 1 rings (SSSR count). The molecular weight excluding hydrogens is 220 g/mol. The zero-order valence-corrected chi connectivity index (χ0v) is 9.70. The van der Waals surface area contributed by atoms with Crippen molar-refractivity contribution in [2.45, 2.75) is 38.9 Å². The first kappa shape index (κ1) is 13.2. The third-order valence-electron chi connectivity index (χ3n) is 1.96. The van der Waals surface area contributed by atoms with Crippen LogP contribution in [-0.2, 0) is 9.47 Å². The lowest BCUT2D eigenvalue weighted by Gasteiger charge is -2.39. The Balaban J connectivity index is 2.18. The molecule has 0 atom stereocenters. The summed E-state index contributed by atoms with van der Waals surface area (Å²) in [5, 5.41) is 0. The van der Waals surface area contributed by atoms with Crippen LogP contribution in [0.2, 0.25) is 0 Å². The average molecular weight is 237 g/mol. The van der Waals surface area contributed by atoms with Crippen LogP contribution in [0, 0.1) is 0 Å². The van der Waals surface area contributed by atoms with E-state index < -0.39 is 24.7 Å². The molecule has 0 spiro atoms. The van der Waals surface area contributed by atoms with E-state index in [0.717, 1.165) is 0 Å². The van der Waals surface area contributed by atoms with Gasteiger partial charge in [0.2, 0.25) is 0 Å².